The van der Waals surface area contributed by atoms with Crippen LogP contribution in [0.2, 0.25) is 0 Å². The highest BCUT2D eigenvalue weighted by Crippen LogP contribution is 2.22. The molecule has 0 aliphatic rings. The van der Waals surface area contributed by atoms with Gasteiger partial charge in [0.2, 0.25) is 0 Å². The van der Waals surface area contributed by atoms with Gasteiger partial charge in [0.25, 0.3) is 0 Å². The largest absolute Gasteiger partial charge is 0.481 e. The van der Waals surface area contributed by atoms with Gasteiger partial charge in [-0.25, -0.2) is 8.78 Å². The van der Waals surface area contributed by atoms with Crippen molar-refractivity contribution >= 4 is 5.97 Å². The van der Waals surface area contributed by atoms with Crippen LogP contribution in [0.1, 0.15) is 12.5 Å². The number of rotatable bonds is 4. The maximum Gasteiger partial charge on any atom is 0.310 e. The first kappa shape index (κ1) is 12.6. The standard InChI is InChI=1S/C11H13F2NO2/c1-11(6-14,10(15)16)5-7-2-8(12)4-9(13)3-7/h2-4H,5-6,14H2,1H3,(H,15,16). The molecule has 1 rings (SSSR count). The molecule has 0 aliphatic carbocycles. The van der Waals surface area contributed by atoms with Gasteiger partial charge in [-0.2, -0.15) is 0 Å². The van der Waals surface area contributed by atoms with Crippen LogP contribution in [-0.2, 0) is 11.2 Å². The third-order valence-electron chi connectivity index (χ3n) is 2.48. The van der Waals surface area contributed by atoms with Crippen LogP contribution in [0.3, 0.4) is 0 Å². The highest BCUT2D eigenvalue weighted by molar-refractivity contribution is 5.74. The molecule has 3 N–H and O–H groups in total. The summed E-state index contributed by atoms with van der Waals surface area (Å²) >= 11 is 0. The normalized spacial score (nSPS) is 14.5. The van der Waals surface area contributed by atoms with Crippen molar-refractivity contribution in [2.24, 2.45) is 11.1 Å². The first-order chi connectivity index (χ1) is 7.37. The molecule has 0 saturated heterocycles. The summed E-state index contributed by atoms with van der Waals surface area (Å²) in [5.74, 6) is -2.53. The fourth-order valence-electron chi connectivity index (χ4n) is 1.40. The fourth-order valence-corrected chi connectivity index (χ4v) is 1.40. The summed E-state index contributed by atoms with van der Waals surface area (Å²) in [5, 5.41) is 8.96. The van der Waals surface area contributed by atoms with Gasteiger partial charge in [0.15, 0.2) is 0 Å². The van der Waals surface area contributed by atoms with Gasteiger partial charge in [0, 0.05) is 12.6 Å². The van der Waals surface area contributed by atoms with Crippen LogP contribution in [0, 0.1) is 17.0 Å². The number of halogens is 2. The van der Waals surface area contributed by atoms with Gasteiger partial charge in [-0.3, -0.25) is 4.79 Å². The molecule has 0 bridgehead atoms. The Hall–Kier alpha value is -1.49. The zero-order chi connectivity index (χ0) is 12.3. The molecule has 1 aromatic rings. The van der Waals surface area contributed by atoms with E-state index in [9.17, 15) is 13.6 Å². The van der Waals surface area contributed by atoms with Crippen molar-refractivity contribution in [2.75, 3.05) is 6.54 Å². The first-order valence-corrected chi connectivity index (χ1v) is 4.76. The highest BCUT2D eigenvalue weighted by atomic mass is 19.1. The number of nitrogens with two attached hydrogens (primary N) is 1. The molecule has 0 spiro atoms. The van der Waals surface area contributed by atoms with E-state index in [4.69, 9.17) is 10.8 Å². The molecule has 0 amide bonds. The topological polar surface area (TPSA) is 63.3 Å². The van der Waals surface area contributed by atoms with Crippen LogP contribution in [0.15, 0.2) is 18.2 Å². The van der Waals surface area contributed by atoms with E-state index in [0.717, 1.165) is 18.2 Å². The van der Waals surface area contributed by atoms with Crippen molar-refractivity contribution in [2.45, 2.75) is 13.3 Å². The Bertz CT molecular complexity index is 389. The van der Waals surface area contributed by atoms with Gasteiger partial charge < -0.3 is 10.8 Å². The number of carbonyl (C=O) groups is 1. The summed E-state index contributed by atoms with van der Waals surface area (Å²) in [6, 6.07) is 2.96. The molecule has 5 heteroatoms. The predicted molar refractivity (Wildman–Crippen MR) is 54.9 cm³/mol. The molecule has 0 heterocycles. The van der Waals surface area contributed by atoms with Gasteiger partial charge >= 0.3 is 5.97 Å². The SMILES string of the molecule is CC(CN)(Cc1cc(F)cc(F)c1)C(=O)O. The summed E-state index contributed by atoms with van der Waals surface area (Å²) in [5.41, 5.74) is 4.44. The highest BCUT2D eigenvalue weighted by Gasteiger charge is 2.31. The van der Waals surface area contributed by atoms with Gasteiger partial charge in [-0.1, -0.05) is 0 Å². The van der Waals surface area contributed by atoms with E-state index in [-0.39, 0.29) is 18.5 Å². The smallest absolute Gasteiger partial charge is 0.310 e. The molecule has 0 fully saturated rings. The number of aliphatic carboxylic acids is 1. The minimum atomic E-state index is -1.21. The summed E-state index contributed by atoms with van der Waals surface area (Å²) < 4.78 is 25.8. The van der Waals surface area contributed by atoms with E-state index in [1.54, 1.807) is 0 Å². The third-order valence-corrected chi connectivity index (χ3v) is 2.48. The second-order valence-electron chi connectivity index (χ2n) is 4.02. The minimum absolute atomic E-state index is 0.00644. The Morgan fingerprint density at radius 3 is 2.25 bits per heavy atom. The van der Waals surface area contributed by atoms with Crippen molar-refractivity contribution in [1.82, 2.24) is 0 Å². The van der Waals surface area contributed by atoms with Gasteiger partial charge in [-0.05, 0) is 31.0 Å². The maximum atomic E-state index is 12.9. The summed E-state index contributed by atoms with van der Waals surface area (Å²) in [7, 11) is 0. The Labute approximate surface area is 91.9 Å². The van der Waals surface area contributed by atoms with E-state index in [1.165, 1.54) is 6.92 Å². The molecule has 88 valence electrons. The lowest BCUT2D eigenvalue weighted by atomic mass is 9.84. The third kappa shape index (κ3) is 2.76. The first-order valence-electron chi connectivity index (χ1n) is 4.76. The van der Waals surface area contributed by atoms with E-state index >= 15 is 0 Å². The molecule has 1 atom stereocenters. The Kier molecular flexibility index (Phi) is 3.59. The molecule has 0 aromatic heterocycles. The molecule has 1 unspecified atom stereocenters. The summed E-state index contributed by atoms with van der Waals surface area (Å²) in [6.07, 6.45) is -0.00644. The van der Waals surface area contributed by atoms with Gasteiger partial charge in [0.1, 0.15) is 11.6 Å². The molecule has 1 aromatic carbocycles. The molecule has 0 radical (unpaired) electrons. The Morgan fingerprint density at radius 2 is 1.88 bits per heavy atom. The average molecular weight is 229 g/mol. The van der Waals surface area contributed by atoms with E-state index in [1.807, 2.05) is 0 Å². The maximum absolute atomic E-state index is 12.9. The quantitative estimate of drug-likeness (QED) is 0.823. The molecule has 0 saturated carbocycles. The van der Waals surface area contributed by atoms with Crippen LogP contribution in [-0.4, -0.2) is 17.6 Å². The van der Waals surface area contributed by atoms with E-state index in [2.05, 4.69) is 0 Å². The lowest BCUT2D eigenvalue weighted by Crippen LogP contribution is -2.37. The molecular formula is C11H13F2NO2. The van der Waals surface area contributed by atoms with Crippen molar-refractivity contribution in [3.05, 3.63) is 35.4 Å². The zero-order valence-electron chi connectivity index (χ0n) is 8.84. The molecule has 0 aliphatic heterocycles. The van der Waals surface area contributed by atoms with Crippen molar-refractivity contribution in [3.63, 3.8) is 0 Å². The summed E-state index contributed by atoms with van der Waals surface area (Å²) in [6.45, 7) is 1.35. The fraction of sp³-hybridized carbons (Fsp3) is 0.364. The number of hydrogen-bond acceptors (Lipinski definition) is 2. The zero-order valence-corrected chi connectivity index (χ0v) is 8.84. The Morgan fingerprint density at radius 1 is 1.38 bits per heavy atom. The lowest BCUT2D eigenvalue weighted by Gasteiger charge is -2.22. The van der Waals surface area contributed by atoms with Crippen LogP contribution in [0.25, 0.3) is 0 Å². The minimum Gasteiger partial charge on any atom is -0.481 e. The summed E-state index contributed by atoms with van der Waals surface area (Å²) in [4.78, 5) is 11.0. The molecule has 3 nitrogen and oxygen atoms in total. The van der Waals surface area contributed by atoms with E-state index in [0.29, 0.717) is 0 Å². The number of hydrogen-bond donors (Lipinski definition) is 2. The van der Waals surface area contributed by atoms with Crippen LogP contribution >= 0.6 is 0 Å². The number of benzene rings is 1. The number of carboxylic acid groups (broad SMARTS) is 1. The monoisotopic (exact) mass is 229 g/mol. The average Bonchev–Trinajstić information content (AvgIpc) is 2.15. The number of carboxylic acids is 1. The van der Waals surface area contributed by atoms with Gasteiger partial charge in [-0.15, -0.1) is 0 Å². The second-order valence-corrected chi connectivity index (χ2v) is 4.02. The van der Waals surface area contributed by atoms with E-state index < -0.39 is 23.0 Å². The van der Waals surface area contributed by atoms with Gasteiger partial charge in [0.05, 0.1) is 5.41 Å². The predicted octanol–water partition coefficient (Wildman–Crippen LogP) is 1.56. The lowest BCUT2D eigenvalue weighted by molar-refractivity contribution is -0.147. The molecular weight excluding hydrogens is 216 g/mol. The molecule has 16 heavy (non-hydrogen) atoms. The second kappa shape index (κ2) is 4.57. The Balaban J connectivity index is 2.99. The van der Waals surface area contributed by atoms with Crippen molar-refractivity contribution in [3.8, 4) is 0 Å². The van der Waals surface area contributed by atoms with Crippen molar-refractivity contribution < 1.29 is 18.7 Å². The van der Waals surface area contributed by atoms with Crippen LogP contribution in [0.5, 0.6) is 0 Å². The van der Waals surface area contributed by atoms with Crippen molar-refractivity contribution in [1.29, 1.82) is 0 Å². The van der Waals surface area contributed by atoms with Crippen LogP contribution < -0.4 is 5.73 Å². The van der Waals surface area contributed by atoms with Crippen LogP contribution in [0.4, 0.5) is 8.78 Å².